The zero-order valence-electron chi connectivity index (χ0n) is 11.6. The van der Waals surface area contributed by atoms with E-state index in [-0.39, 0.29) is 11.5 Å². The van der Waals surface area contributed by atoms with Gasteiger partial charge in [0, 0.05) is 38.7 Å². The Morgan fingerprint density at radius 1 is 1.19 bits per heavy atom. The van der Waals surface area contributed by atoms with Gasteiger partial charge in [0.05, 0.1) is 0 Å². The van der Waals surface area contributed by atoms with Gasteiger partial charge in [0.15, 0.2) is 11.6 Å². The van der Waals surface area contributed by atoms with Gasteiger partial charge in [0.1, 0.15) is 6.04 Å². The lowest BCUT2D eigenvalue weighted by molar-refractivity contribution is -0.145. The molecular weight excluding hydrogens is 282 g/mol. The number of nitrogens with zero attached hydrogens (tertiary/aromatic N) is 2. The van der Waals surface area contributed by atoms with Crippen LogP contribution in [0, 0.1) is 11.6 Å². The first kappa shape index (κ1) is 15.4. The zero-order valence-corrected chi connectivity index (χ0v) is 11.6. The number of amides is 1. The summed E-state index contributed by atoms with van der Waals surface area (Å²) < 4.78 is 27.1. The molecule has 1 aromatic rings. The monoisotopic (exact) mass is 298 g/mol. The molecule has 1 amide bonds. The van der Waals surface area contributed by atoms with Crippen molar-refractivity contribution < 1.29 is 23.5 Å². The molecule has 1 atom stereocenters. The molecule has 21 heavy (non-hydrogen) atoms. The molecule has 1 heterocycles. The number of hydrogen-bond donors (Lipinski definition) is 1. The van der Waals surface area contributed by atoms with Crippen LogP contribution in [0.3, 0.4) is 0 Å². The van der Waals surface area contributed by atoms with Crippen molar-refractivity contribution in [2.75, 3.05) is 26.2 Å². The van der Waals surface area contributed by atoms with E-state index in [2.05, 4.69) is 0 Å². The second-order valence-corrected chi connectivity index (χ2v) is 4.93. The van der Waals surface area contributed by atoms with Gasteiger partial charge in [-0.1, -0.05) is 12.1 Å². The molecular formula is C14H16F2N2O3. The number of carboxylic acid groups (broad SMARTS) is 1. The minimum atomic E-state index is -1.25. The number of benzene rings is 1. The number of rotatable bonds is 3. The number of aliphatic carboxylic acids is 1. The predicted octanol–water partition coefficient (Wildman–Crippen LogP) is 1.25. The van der Waals surface area contributed by atoms with E-state index in [9.17, 15) is 23.5 Å². The van der Waals surface area contributed by atoms with Crippen molar-refractivity contribution in [3.63, 3.8) is 0 Å². The third kappa shape index (κ3) is 3.18. The van der Waals surface area contributed by atoms with Crippen molar-refractivity contribution in [2.24, 2.45) is 0 Å². The first-order chi connectivity index (χ1) is 9.91. The number of carbonyl (C=O) groups is 2. The summed E-state index contributed by atoms with van der Waals surface area (Å²) in [6.07, 6.45) is 0. The van der Waals surface area contributed by atoms with Gasteiger partial charge in [-0.3, -0.25) is 14.5 Å². The molecule has 1 aliphatic heterocycles. The number of piperazine rings is 1. The van der Waals surface area contributed by atoms with Crippen LogP contribution in [0.5, 0.6) is 0 Å². The van der Waals surface area contributed by atoms with Crippen LogP contribution in [0.15, 0.2) is 18.2 Å². The summed E-state index contributed by atoms with van der Waals surface area (Å²) in [6, 6.07) is 2.25. The lowest BCUT2D eigenvalue weighted by atomic mass is 10.0. The lowest BCUT2D eigenvalue weighted by Gasteiger charge is -2.37. The molecule has 0 aliphatic carbocycles. The van der Waals surface area contributed by atoms with Gasteiger partial charge >= 0.3 is 5.97 Å². The zero-order chi connectivity index (χ0) is 15.6. The highest BCUT2D eigenvalue weighted by atomic mass is 19.2. The largest absolute Gasteiger partial charge is 0.480 e. The average molecular weight is 298 g/mol. The molecule has 7 heteroatoms. The van der Waals surface area contributed by atoms with Crippen molar-refractivity contribution in [1.82, 2.24) is 9.80 Å². The van der Waals surface area contributed by atoms with Gasteiger partial charge in [-0.15, -0.1) is 0 Å². The Kier molecular flexibility index (Phi) is 4.52. The molecule has 5 nitrogen and oxygen atoms in total. The highest BCUT2D eigenvalue weighted by Crippen LogP contribution is 2.26. The maximum absolute atomic E-state index is 13.8. The van der Waals surface area contributed by atoms with Gasteiger partial charge in [0.2, 0.25) is 5.91 Å². The number of carboxylic acids is 1. The van der Waals surface area contributed by atoms with Gasteiger partial charge in [-0.05, 0) is 6.07 Å². The highest BCUT2D eigenvalue weighted by Gasteiger charge is 2.33. The Hall–Kier alpha value is -2.02. The van der Waals surface area contributed by atoms with Crippen molar-refractivity contribution in [3.8, 4) is 0 Å². The summed E-state index contributed by atoms with van der Waals surface area (Å²) in [7, 11) is 0. The summed E-state index contributed by atoms with van der Waals surface area (Å²) in [5.41, 5.74) is -0.196. The maximum atomic E-state index is 13.8. The molecule has 0 spiro atoms. The fraction of sp³-hybridized carbons (Fsp3) is 0.429. The Morgan fingerprint density at radius 3 is 2.33 bits per heavy atom. The summed E-state index contributed by atoms with van der Waals surface area (Å²) >= 11 is 0. The maximum Gasteiger partial charge on any atom is 0.325 e. The Balaban J connectivity index is 2.23. The Bertz CT molecular complexity index is 557. The summed E-state index contributed by atoms with van der Waals surface area (Å²) in [4.78, 5) is 25.9. The first-order valence-electron chi connectivity index (χ1n) is 6.58. The standard InChI is InChI=1S/C14H16F2N2O3/c1-9(19)17-5-7-18(8-6-17)13(14(20)21)10-3-2-4-11(15)12(10)16/h2-4,13H,5-8H2,1H3,(H,20,21)/t13-/m0/s1. The van der Waals surface area contributed by atoms with E-state index in [1.807, 2.05) is 0 Å². The minimum absolute atomic E-state index is 0.0848. The molecule has 1 saturated heterocycles. The van der Waals surface area contributed by atoms with Gasteiger partial charge in [-0.2, -0.15) is 0 Å². The molecule has 0 bridgehead atoms. The fourth-order valence-electron chi connectivity index (χ4n) is 2.51. The quantitative estimate of drug-likeness (QED) is 0.912. The third-order valence-corrected chi connectivity index (χ3v) is 3.63. The van der Waals surface area contributed by atoms with E-state index in [0.29, 0.717) is 26.2 Å². The van der Waals surface area contributed by atoms with E-state index in [1.54, 1.807) is 9.80 Å². The summed E-state index contributed by atoms with van der Waals surface area (Å²) in [6.45, 7) is 2.78. The second-order valence-electron chi connectivity index (χ2n) is 4.93. The van der Waals surface area contributed by atoms with Crippen LogP contribution in [0.1, 0.15) is 18.5 Å². The Morgan fingerprint density at radius 2 is 1.81 bits per heavy atom. The smallest absolute Gasteiger partial charge is 0.325 e. The molecule has 0 unspecified atom stereocenters. The molecule has 1 aliphatic rings. The summed E-state index contributed by atoms with van der Waals surface area (Å²) in [5, 5.41) is 9.36. The molecule has 1 N–H and O–H groups in total. The van der Waals surface area contributed by atoms with E-state index >= 15 is 0 Å². The van der Waals surface area contributed by atoms with Crippen molar-refractivity contribution in [3.05, 3.63) is 35.4 Å². The van der Waals surface area contributed by atoms with Gasteiger partial charge in [-0.25, -0.2) is 8.78 Å². The van der Waals surface area contributed by atoms with Crippen LogP contribution in [0.4, 0.5) is 8.78 Å². The molecule has 1 aromatic carbocycles. The number of hydrogen-bond acceptors (Lipinski definition) is 3. The Labute approximate surface area is 120 Å². The van der Waals surface area contributed by atoms with Crippen LogP contribution in [0.2, 0.25) is 0 Å². The molecule has 114 valence electrons. The molecule has 0 aromatic heterocycles. The number of carbonyl (C=O) groups excluding carboxylic acids is 1. The van der Waals surface area contributed by atoms with E-state index < -0.39 is 23.6 Å². The van der Waals surface area contributed by atoms with Crippen molar-refractivity contribution in [2.45, 2.75) is 13.0 Å². The molecule has 2 rings (SSSR count). The molecule has 1 fully saturated rings. The second kappa shape index (κ2) is 6.17. The van der Waals surface area contributed by atoms with Crippen LogP contribution >= 0.6 is 0 Å². The van der Waals surface area contributed by atoms with Crippen LogP contribution in [-0.2, 0) is 9.59 Å². The van der Waals surface area contributed by atoms with Crippen LogP contribution in [0.25, 0.3) is 0 Å². The number of halogens is 2. The van der Waals surface area contributed by atoms with Gasteiger partial charge in [0.25, 0.3) is 0 Å². The van der Waals surface area contributed by atoms with Crippen LogP contribution in [-0.4, -0.2) is 53.0 Å². The fourth-order valence-corrected chi connectivity index (χ4v) is 2.51. The predicted molar refractivity (Wildman–Crippen MR) is 70.6 cm³/mol. The van der Waals surface area contributed by atoms with Gasteiger partial charge < -0.3 is 10.0 Å². The van der Waals surface area contributed by atoms with Crippen LogP contribution < -0.4 is 0 Å². The highest BCUT2D eigenvalue weighted by molar-refractivity contribution is 5.76. The topological polar surface area (TPSA) is 60.9 Å². The minimum Gasteiger partial charge on any atom is -0.480 e. The molecule has 0 saturated carbocycles. The van der Waals surface area contributed by atoms with E-state index in [0.717, 1.165) is 6.07 Å². The third-order valence-electron chi connectivity index (χ3n) is 3.63. The summed E-state index contributed by atoms with van der Waals surface area (Å²) in [5.74, 6) is -3.53. The van der Waals surface area contributed by atoms with E-state index in [1.165, 1.54) is 19.1 Å². The first-order valence-corrected chi connectivity index (χ1v) is 6.58. The van der Waals surface area contributed by atoms with Crippen molar-refractivity contribution >= 4 is 11.9 Å². The lowest BCUT2D eigenvalue weighted by Crippen LogP contribution is -2.50. The average Bonchev–Trinajstić information content (AvgIpc) is 2.44. The van der Waals surface area contributed by atoms with Crippen molar-refractivity contribution in [1.29, 1.82) is 0 Å². The SMILES string of the molecule is CC(=O)N1CCN([C@H](C(=O)O)c2cccc(F)c2F)CC1. The molecule has 0 radical (unpaired) electrons. The van der Waals surface area contributed by atoms with E-state index in [4.69, 9.17) is 0 Å². The normalized spacial score (nSPS) is 17.6.